The van der Waals surface area contributed by atoms with Crippen molar-refractivity contribution in [3.05, 3.63) is 87.6 Å². The molecule has 0 bridgehead atoms. The minimum absolute atomic E-state index is 0.0314. The molecule has 0 unspecified atom stereocenters. The fourth-order valence-electron chi connectivity index (χ4n) is 6.35. The zero-order valence-corrected chi connectivity index (χ0v) is 29.9. The van der Waals surface area contributed by atoms with Crippen molar-refractivity contribution >= 4 is 48.5 Å². The van der Waals surface area contributed by atoms with Crippen molar-refractivity contribution in [2.45, 2.75) is 89.1 Å². The summed E-state index contributed by atoms with van der Waals surface area (Å²) < 4.78 is 64.8. The van der Waals surface area contributed by atoms with Crippen LogP contribution in [0.1, 0.15) is 71.8 Å². The Morgan fingerprint density at radius 1 is 0.936 bits per heavy atom. The van der Waals surface area contributed by atoms with E-state index in [0.717, 1.165) is 63.3 Å². The maximum Gasteiger partial charge on any atom is 0.265 e. The lowest BCUT2D eigenvalue weighted by atomic mass is 10.0. The molecule has 12 heteroatoms. The minimum Gasteiger partial charge on any atom is -0.494 e. The summed E-state index contributed by atoms with van der Waals surface area (Å²) in [4.78, 5) is 13.1. The van der Waals surface area contributed by atoms with E-state index in [4.69, 9.17) is 16.3 Å². The van der Waals surface area contributed by atoms with Gasteiger partial charge in [-0.2, -0.15) is 4.31 Å². The first-order valence-electron chi connectivity index (χ1n) is 15.9. The van der Waals surface area contributed by atoms with Crippen LogP contribution in [0.3, 0.4) is 0 Å². The number of hydrogen-bond acceptors (Lipinski definition) is 6. The van der Waals surface area contributed by atoms with E-state index < -0.39 is 26.0 Å². The quantitative estimate of drug-likeness (QED) is 0.168. The third-order valence-electron chi connectivity index (χ3n) is 9.12. The Morgan fingerprint density at radius 2 is 1.60 bits per heavy atom. The molecule has 252 valence electrons. The summed E-state index contributed by atoms with van der Waals surface area (Å²) in [5.41, 5.74) is 5.06. The number of carbonyl (C=O) groups is 1. The normalized spacial score (nSPS) is 16.0. The summed E-state index contributed by atoms with van der Waals surface area (Å²) in [6.07, 6.45) is 4.01. The molecule has 0 radical (unpaired) electrons. The number of amides is 1. The van der Waals surface area contributed by atoms with E-state index in [1.54, 1.807) is 12.1 Å². The number of nitrogens with zero attached hydrogens (tertiary/aromatic N) is 2. The summed E-state index contributed by atoms with van der Waals surface area (Å²) in [5.74, 6) is -0.0131. The molecule has 0 spiro atoms. The number of ether oxygens (including phenoxy) is 1. The lowest BCUT2D eigenvalue weighted by Gasteiger charge is -2.34. The van der Waals surface area contributed by atoms with Gasteiger partial charge in [0.05, 0.1) is 16.4 Å². The maximum absolute atomic E-state index is 13.3. The van der Waals surface area contributed by atoms with Crippen LogP contribution in [0, 0.1) is 27.7 Å². The van der Waals surface area contributed by atoms with Crippen molar-refractivity contribution in [2.75, 3.05) is 13.2 Å². The fraction of sp³-hybridized carbons (Fsp3) is 0.400. The number of nitrogens with one attached hydrogen (secondary N) is 1. The fourth-order valence-corrected chi connectivity index (χ4v) is 9.20. The number of sulfonamides is 2. The van der Waals surface area contributed by atoms with Crippen LogP contribution in [0.15, 0.2) is 64.4 Å². The van der Waals surface area contributed by atoms with Gasteiger partial charge in [-0.15, -0.1) is 0 Å². The van der Waals surface area contributed by atoms with E-state index in [-0.39, 0.29) is 21.4 Å². The topological polar surface area (TPSA) is 115 Å². The first-order chi connectivity index (χ1) is 22.2. The van der Waals surface area contributed by atoms with Crippen molar-refractivity contribution in [1.82, 2.24) is 13.6 Å². The van der Waals surface area contributed by atoms with E-state index in [1.165, 1.54) is 28.6 Å². The first kappa shape index (κ1) is 34.9. The van der Waals surface area contributed by atoms with Gasteiger partial charge in [0.15, 0.2) is 0 Å². The summed E-state index contributed by atoms with van der Waals surface area (Å²) in [5, 5.41) is 1.71. The molecule has 1 aliphatic heterocycles. The highest BCUT2D eigenvalue weighted by Gasteiger charge is 2.33. The average molecular weight is 700 g/mol. The molecule has 47 heavy (non-hydrogen) atoms. The molecule has 1 atom stereocenters. The molecule has 2 heterocycles. The largest absolute Gasteiger partial charge is 0.494 e. The van der Waals surface area contributed by atoms with Gasteiger partial charge >= 0.3 is 0 Å². The maximum atomic E-state index is 13.3. The van der Waals surface area contributed by atoms with E-state index >= 15 is 0 Å². The zero-order chi connectivity index (χ0) is 34.1. The van der Waals surface area contributed by atoms with Gasteiger partial charge in [0, 0.05) is 46.3 Å². The van der Waals surface area contributed by atoms with Crippen LogP contribution in [-0.4, -0.2) is 50.8 Å². The molecule has 4 aromatic rings. The van der Waals surface area contributed by atoms with E-state index in [2.05, 4.69) is 9.29 Å². The zero-order valence-electron chi connectivity index (χ0n) is 27.5. The van der Waals surface area contributed by atoms with Gasteiger partial charge < -0.3 is 9.30 Å². The SMILES string of the molecule is CC[C@@H]1CCCCN1S(=O)(=O)c1ccc(S(=O)(=O)NC(=O)c2ccc3c(C)c(C)n(CCCOc4cc(C)c(Cl)c(C)c4)c3c2)cc1. The van der Waals surface area contributed by atoms with Crippen molar-refractivity contribution in [3.63, 3.8) is 0 Å². The summed E-state index contributed by atoms with van der Waals surface area (Å²) in [6.45, 7) is 11.5. The Labute approximate surface area is 283 Å². The Hall–Kier alpha value is -3.38. The Bertz CT molecular complexity index is 2000. The standard InChI is InChI=1S/C35H42ClN3O6S2/c1-6-28-10-7-8-18-39(28)47(43,44)31-14-12-30(13-15-31)46(41,42)37-35(40)27-11-16-32-25(4)26(5)38(33(32)22-27)17-9-19-45-29-20-23(2)34(36)24(3)21-29/h11-16,20-22,28H,6-10,17-19H2,1-5H3,(H,37,40)/t28-/m1/s1. The van der Waals surface area contributed by atoms with E-state index in [1.807, 2.05) is 52.8 Å². The number of rotatable bonds is 11. The second-order valence-corrected chi connectivity index (χ2v) is 16.2. The number of carbonyl (C=O) groups excluding carboxylic acids is 1. The Morgan fingerprint density at radius 3 is 2.26 bits per heavy atom. The molecule has 1 amide bonds. The third kappa shape index (κ3) is 7.23. The molecule has 1 aliphatic rings. The smallest absolute Gasteiger partial charge is 0.265 e. The van der Waals surface area contributed by atoms with Gasteiger partial charge in [0.25, 0.3) is 15.9 Å². The van der Waals surface area contributed by atoms with Gasteiger partial charge in [-0.1, -0.05) is 31.0 Å². The van der Waals surface area contributed by atoms with Crippen molar-refractivity contribution in [1.29, 1.82) is 0 Å². The van der Waals surface area contributed by atoms with E-state index in [9.17, 15) is 21.6 Å². The van der Waals surface area contributed by atoms with Crippen LogP contribution in [0.4, 0.5) is 0 Å². The van der Waals surface area contributed by atoms with Gasteiger partial charge in [-0.05, 0) is 119 Å². The second kappa shape index (κ2) is 14.0. The molecule has 5 rings (SSSR count). The van der Waals surface area contributed by atoms with Gasteiger partial charge in [-0.3, -0.25) is 4.79 Å². The Balaban J connectivity index is 1.29. The molecule has 1 N–H and O–H groups in total. The molecule has 1 saturated heterocycles. The van der Waals surface area contributed by atoms with Crippen LogP contribution in [0.5, 0.6) is 5.75 Å². The minimum atomic E-state index is -4.27. The van der Waals surface area contributed by atoms with Crippen LogP contribution >= 0.6 is 11.6 Å². The molecular formula is C35H42ClN3O6S2. The summed E-state index contributed by atoms with van der Waals surface area (Å²) in [7, 11) is -8.04. The second-order valence-electron chi connectivity index (χ2n) is 12.2. The highest BCUT2D eigenvalue weighted by molar-refractivity contribution is 7.90. The van der Waals surface area contributed by atoms with Crippen LogP contribution in [-0.2, 0) is 26.6 Å². The molecule has 0 saturated carbocycles. The van der Waals surface area contributed by atoms with Gasteiger partial charge in [-0.25, -0.2) is 21.6 Å². The molecule has 1 aromatic heterocycles. The predicted octanol–water partition coefficient (Wildman–Crippen LogP) is 7.07. The predicted molar refractivity (Wildman–Crippen MR) is 185 cm³/mol. The number of aromatic nitrogens is 1. The highest BCUT2D eigenvalue weighted by Crippen LogP contribution is 2.30. The molecule has 3 aromatic carbocycles. The van der Waals surface area contributed by atoms with Crippen LogP contribution in [0.2, 0.25) is 5.02 Å². The third-order valence-corrected chi connectivity index (χ3v) is 13.0. The molecule has 0 aliphatic carbocycles. The molecular weight excluding hydrogens is 658 g/mol. The number of benzene rings is 3. The van der Waals surface area contributed by atoms with Crippen LogP contribution in [0.25, 0.3) is 10.9 Å². The monoisotopic (exact) mass is 699 g/mol. The molecule has 1 fully saturated rings. The molecule has 9 nitrogen and oxygen atoms in total. The number of piperidine rings is 1. The summed E-state index contributed by atoms with van der Waals surface area (Å²) >= 11 is 6.28. The average Bonchev–Trinajstić information content (AvgIpc) is 3.29. The number of hydrogen-bond donors (Lipinski definition) is 1. The lowest BCUT2D eigenvalue weighted by Crippen LogP contribution is -2.43. The van der Waals surface area contributed by atoms with Crippen molar-refractivity contribution in [2.24, 2.45) is 0 Å². The van der Waals surface area contributed by atoms with E-state index in [0.29, 0.717) is 32.5 Å². The number of halogens is 1. The van der Waals surface area contributed by atoms with Crippen LogP contribution < -0.4 is 9.46 Å². The van der Waals surface area contributed by atoms with Crippen molar-refractivity contribution in [3.8, 4) is 5.75 Å². The lowest BCUT2D eigenvalue weighted by molar-refractivity contribution is 0.0981. The van der Waals surface area contributed by atoms with Gasteiger partial charge in [0.2, 0.25) is 10.0 Å². The van der Waals surface area contributed by atoms with Crippen molar-refractivity contribution < 1.29 is 26.4 Å². The summed E-state index contributed by atoms with van der Waals surface area (Å²) in [6, 6.07) is 13.9. The number of fused-ring (bicyclic) bond motifs is 1. The van der Waals surface area contributed by atoms with Gasteiger partial charge in [0.1, 0.15) is 5.75 Å². The first-order valence-corrected chi connectivity index (χ1v) is 19.2. The number of aryl methyl sites for hydroxylation is 4. The highest BCUT2D eigenvalue weighted by atomic mass is 35.5. The Kier molecular flexibility index (Phi) is 10.4.